The van der Waals surface area contributed by atoms with Crippen LogP contribution >= 0.6 is 0 Å². The quantitative estimate of drug-likeness (QED) is 0.657. The van der Waals surface area contributed by atoms with Crippen molar-refractivity contribution in [3.63, 3.8) is 0 Å². The summed E-state index contributed by atoms with van der Waals surface area (Å²) in [6.07, 6.45) is 1.93. The van der Waals surface area contributed by atoms with Crippen LogP contribution in [0.3, 0.4) is 0 Å². The normalized spacial score (nSPS) is 31.4. The number of piperazine rings is 1. The molecule has 1 aliphatic carbocycles. The number of hydrogen-bond acceptors (Lipinski definition) is 3. The Morgan fingerprint density at radius 3 is 2.60 bits per heavy atom. The van der Waals surface area contributed by atoms with E-state index < -0.39 is 12.0 Å². The van der Waals surface area contributed by atoms with Crippen LogP contribution in [0.1, 0.15) is 19.8 Å². The van der Waals surface area contributed by atoms with Gasteiger partial charge >= 0.3 is 5.97 Å². The highest BCUT2D eigenvalue weighted by Gasteiger charge is 2.40. The molecule has 1 heterocycles. The Bertz CT molecular complexity index is 288. The van der Waals surface area contributed by atoms with Gasteiger partial charge < -0.3 is 15.3 Å². The molecule has 0 spiro atoms. The molecule has 0 aromatic heterocycles. The maximum absolute atomic E-state index is 11.8. The number of amides is 1. The highest BCUT2D eigenvalue weighted by molar-refractivity contribution is 5.83. The Labute approximate surface area is 88.4 Å². The summed E-state index contributed by atoms with van der Waals surface area (Å²) in [5.41, 5.74) is 0. The molecule has 15 heavy (non-hydrogen) atoms. The molecule has 2 atom stereocenters. The minimum absolute atomic E-state index is 0.134. The molecule has 2 unspecified atom stereocenters. The molecule has 2 aliphatic rings. The minimum atomic E-state index is -0.879. The number of nitrogens with zero attached hydrogens (tertiary/aromatic N) is 1. The van der Waals surface area contributed by atoms with Gasteiger partial charge in [0.1, 0.15) is 6.04 Å². The van der Waals surface area contributed by atoms with Gasteiger partial charge in [0.05, 0.1) is 6.04 Å². The Balaban J connectivity index is 2.04. The number of rotatable bonds is 2. The smallest absolute Gasteiger partial charge is 0.322 e. The number of carbonyl (C=O) groups is 2. The van der Waals surface area contributed by atoms with E-state index in [1.54, 1.807) is 11.8 Å². The molecule has 1 amide bonds. The van der Waals surface area contributed by atoms with Gasteiger partial charge in [0.25, 0.3) is 0 Å². The molecule has 0 aromatic rings. The Kier molecular flexibility index (Phi) is 2.65. The maximum atomic E-state index is 11.8. The predicted octanol–water partition coefficient (Wildman–Crippen LogP) is -0.330. The van der Waals surface area contributed by atoms with E-state index >= 15 is 0 Å². The average Bonchev–Trinajstić information content (AvgIpc) is 3.00. The van der Waals surface area contributed by atoms with Crippen molar-refractivity contribution in [2.24, 2.45) is 5.92 Å². The number of carboxylic acids is 1. The van der Waals surface area contributed by atoms with E-state index in [1.807, 2.05) is 0 Å². The third-order valence-corrected chi connectivity index (χ3v) is 3.17. The number of aliphatic carboxylic acids is 1. The zero-order valence-corrected chi connectivity index (χ0v) is 8.77. The van der Waals surface area contributed by atoms with Crippen LogP contribution in [0.5, 0.6) is 0 Å². The lowest BCUT2D eigenvalue weighted by Crippen LogP contribution is -2.61. The molecule has 1 saturated carbocycles. The molecule has 5 heteroatoms. The van der Waals surface area contributed by atoms with Gasteiger partial charge in [-0.15, -0.1) is 0 Å². The summed E-state index contributed by atoms with van der Waals surface area (Å²) in [5, 5.41) is 11.9. The third kappa shape index (κ3) is 1.97. The molecule has 0 radical (unpaired) electrons. The first kappa shape index (κ1) is 10.4. The zero-order chi connectivity index (χ0) is 11.0. The third-order valence-electron chi connectivity index (χ3n) is 3.17. The summed E-state index contributed by atoms with van der Waals surface area (Å²) < 4.78 is 0. The summed E-state index contributed by atoms with van der Waals surface area (Å²) in [6.45, 7) is 2.99. The van der Waals surface area contributed by atoms with Gasteiger partial charge in [-0.25, -0.2) is 0 Å². The van der Waals surface area contributed by atoms with E-state index in [9.17, 15) is 9.59 Å². The highest BCUT2D eigenvalue weighted by atomic mass is 16.4. The number of carboxylic acid groups (broad SMARTS) is 1. The number of nitrogens with one attached hydrogen (secondary N) is 1. The molecule has 1 saturated heterocycles. The molecule has 2 fully saturated rings. The van der Waals surface area contributed by atoms with E-state index in [4.69, 9.17) is 5.11 Å². The first-order chi connectivity index (χ1) is 7.11. The van der Waals surface area contributed by atoms with Crippen molar-refractivity contribution >= 4 is 11.9 Å². The zero-order valence-electron chi connectivity index (χ0n) is 8.77. The van der Waals surface area contributed by atoms with E-state index in [2.05, 4.69) is 5.32 Å². The highest BCUT2D eigenvalue weighted by Crippen LogP contribution is 2.32. The second kappa shape index (κ2) is 3.81. The van der Waals surface area contributed by atoms with E-state index in [-0.39, 0.29) is 17.9 Å². The van der Waals surface area contributed by atoms with Crippen LogP contribution in [-0.4, -0.2) is 47.1 Å². The fraction of sp³-hybridized carbons (Fsp3) is 0.800. The van der Waals surface area contributed by atoms with Crippen molar-refractivity contribution in [2.75, 3.05) is 13.1 Å². The van der Waals surface area contributed by atoms with Gasteiger partial charge in [0.15, 0.2) is 0 Å². The average molecular weight is 212 g/mol. The molecule has 84 valence electrons. The van der Waals surface area contributed by atoms with Crippen LogP contribution in [0.15, 0.2) is 0 Å². The summed E-state index contributed by atoms with van der Waals surface area (Å²) >= 11 is 0. The molecule has 0 aromatic carbocycles. The monoisotopic (exact) mass is 212 g/mol. The SMILES string of the molecule is CC1C(C(=O)O)NCCN1C(=O)C1CC1. The standard InChI is InChI=1S/C10H16N2O3/c1-6-8(10(14)15)11-4-5-12(6)9(13)7-2-3-7/h6-8,11H,2-5H2,1H3,(H,14,15). The lowest BCUT2D eigenvalue weighted by Gasteiger charge is -2.38. The topological polar surface area (TPSA) is 69.6 Å². The summed E-state index contributed by atoms with van der Waals surface area (Å²) in [5.74, 6) is -0.578. The minimum Gasteiger partial charge on any atom is -0.480 e. The van der Waals surface area contributed by atoms with Crippen molar-refractivity contribution in [1.29, 1.82) is 0 Å². The van der Waals surface area contributed by atoms with Crippen LogP contribution < -0.4 is 5.32 Å². The van der Waals surface area contributed by atoms with E-state index in [0.717, 1.165) is 12.8 Å². The molecule has 2 N–H and O–H groups in total. The second-order valence-electron chi connectivity index (χ2n) is 4.32. The van der Waals surface area contributed by atoms with E-state index in [0.29, 0.717) is 13.1 Å². The van der Waals surface area contributed by atoms with Gasteiger partial charge in [-0.05, 0) is 19.8 Å². The fourth-order valence-electron chi connectivity index (χ4n) is 2.06. The lowest BCUT2D eigenvalue weighted by atomic mass is 10.0. The van der Waals surface area contributed by atoms with Crippen molar-refractivity contribution < 1.29 is 14.7 Å². The number of hydrogen-bond donors (Lipinski definition) is 2. The van der Waals surface area contributed by atoms with Gasteiger partial charge in [0.2, 0.25) is 5.91 Å². The lowest BCUT2D eigenvalue weighted by molar-refractivity contribution is -0.145. The van der Waals surface area contributed by atoms with Crippen molar-refractivity contribution in [2.45, 2.75) is 31.8 Å². The molecule has 5 nitrogen and oxygen atoms in total. The summed E-state index contributed by atoms with van der Waals surface area (Å²) in [4.78, 5) is 24.5. The first-order valence-corrected chi connectivity index (χ1v) is 5.38. The Hall–Kier alpha value is -1.10. The summed E-state index contributed by atoms with van der Waals surface area (Å²) in [7, 11) is 0. The Morgan fingerprint density at radius 1 is 1.40 bits per heavy atom. The van der Waals surface area contributed by atoms with Crippen LogP contribution in [0.2, 0.25) is 0 Å². The van der Waals surface area contributed by atoms with Crippen LogP contribution in [0, 0.1) is 5.92 Å². The number of carbonyl (C=O) groups excluding carboxylic acids is 1. The Morgan fingerprint density at radius 2 is 2.07 bits per heavy atom. The van der Waals surface area contributed by atoms with Gasteiger partial charge in [-0.2, -0.15) is 0 Å². The van der Waals surface area contributed by atoms with Crippen LogP contribution in [0.4, 0.5) is 0 Å². The van der Waals surface area contributed by atoms with Crippen molar-refractivity contribution in [3.8, 4) is 0 Å². The molecular weight excluding hydrogens is 196 g/mol. The summed E-state index contributed by atoms with van der Waals surface area (Å²) in [6, 6.07) is -0.870. The predicted molar refractivity (Wildman–Crippen MR) is 53.3 cm³/mol. The van der Waals surface area contributed by atoms with Crippen molar-refractivity contribution in [1.82, 2.24) is 10.2 Å². The second-order valence-corrected chi connectivity index (χ2v) is 4.32. The van der Waals surface area contributed by atoms with Gasteiger partial charge in [0, 0.05) is 19.0 Å². The first-order valence-electron chi connectivity index (χ1n) is 5.38. The molecule has 0 bridgehead atoms. The largest absolute Gasteiger partial charge is 0.480 e. The molecule has 2 rings (SSSR count). The molecule has 1 aliphatic heterocycles. The fourth-order valence-corrected chi connectivity index (χ4v) is 2.06. The van der Waals surface area contributed by atoms with Gasteiger partial charge in [-0.1, -0.05) is 0 Å². The van der Waals surface area contributed by atoms with Gasteiger partial charge in [-0.3, -0.25) is 9.59 Å². The van der Waals surface area contributed by atoms with Crippen LogP contribution in [0.25, 0.3) is 0 Å². The van der Waals surface area contributed by atoms with Crippen molar-refractivity contribution in [3.05, 3.63) is 0 Å². The maximum Gasteiger partial charge on any atom is 0.322 e. The van der Waals surface area contributed by atoms with Crippen LogP contribution in [-0.2, 0) is 9.59 Å². The van der Waals surface area contributed by atoms with E-state index in [1.165, 1.54) is 0 Å². The molecular formula is C10H16N2O3.